The highest BCUT2D eigenvalue weighted by molar-refractivity contribution is 6.03. The lowest BCUT2D eigenvalue weighted by atomic mass is 9.97. The standard InChI is InChI=1S/C17H17NO4/c19-15-13-6-2-1-4-11(13)7-8-14(15)16(20)18-9-3-5-12(10-18)17(21)22/h1-2,4,6-8,12,19H,3,5,9-10H2,(H,21,22). The first kappa shape index (κ1) is 14.4. The summed E-state index contributed by atoms with van der Waals surface area (Å²) in [7, 11) is 0. The van der Waals surface area contributed by atoms with Crippen molar-refractivity contribution in [3.8, 4) is 5.75 Å². The van der Waals surface area contributed by atoms with E-state index in [4.69, 9.17) is 5.11 Å². The Morgan fingerprint density at radius 3 is 2.68 bits per heavy atom. The van der Waals surface area contributed by atoms with E-state index in [1.54, 1.807) is 24.3 Å². The molecule has 1 saturated heterocycles. The SMILES string of the molecule is O=C(O)C1CCCN(C(=O)c2ccc3ccccc3c2O)C1. The average molecular weight is 299 g/mol. The van der Waals surface area contributed by atoms with Gasteiger partial charge in [-0.1, -0.05) is 30.3 Å². The van der Waals surface area contributed by atoms with Gasteiger partial charge in [0.1, 0.15) is 5.75 Å². The Kier molecular flexibility index (Phi) is 3.71. The summed E-state index contributed by atoms with van der Waals surface area (Å²) in [6, 6.07) is 10.7. The van der Waals surface area contributed by atoms with E-state index in [1.165, 1.54) is 4.90 Å². The second-order valence-corrected chi connectivity index (χ2v) is 5.61. The smallest absolute Gasteiger partial charge is 0.308 e. The van der Waals surface area contributed by atoms with Gasteiger partial charge >= 0.3 is 5.97 Å². The van der Waals surface area contributed by atoms with Crippen LogP contribution in [0.1, 0.15) is 23.2 Å². The molecule has 0 aliphatic carbocycles. The Morgan fingerprint density at radius 1 is 1.14 bits per heavy atom. The summed E-state index contributed by atoms with van der Waals surface area (Å²) in [4.78, 5) is 25.2. The first-order valence-corrected chi connectivity index (χ1v) is 7.30. The summed E-state index contributed by atoms with van der Waals surface area (Å²) in [5.41, 5.74) is 0.227. The van der Waals surface area contributed by atoms with Crippen molar-refractivity contribution in [2.24, 2.45) is 5.92 Å². The number of aliphatic carboxylic acids is 1. The molecule has 0 bridgehead atoms. The number of benzene rings is 2. The van der Waals surface area contributed by atoms with Crippen LogP contribution in [-0.2, 0) is 4.79 Å². The maximum Gasteiger partial charge on any atom is 0.308 e. The maximum absolute atomic E-state index is 12.6. The second-order valence-electron chi connectivity index (χ2n) is 5.61. The second kappa shape index (κ2) is 5.67. The predicted octanol–water partition coefficient (Wildman–Crippen LogP) is 2.48. The zero-order valence-corrected chi connectivity index (χ0v) is 12.0. The number of fused-ring (bicyclic) bond motifs is 1. The predicted molar refractivity (Wildman–Crippen MR) is 81.9 cm³/mol. The highest BCUT2D eigenvalue weighted by atomic mass is 16.4. The molecule has 1 aliphatic heterocycles. The minimum Gasteiger partial charge on any atom is -0.506 e. The summed E-state index contributed by atoms with van der Waals surface area (Å²) in [6.45, 7) is 0.718. The van der Waals surface area contributed by atoms with Crippen LogP contribution in [0.25, 0.3) is 10.8 Å². The minimum absolute atomic E-state index is 0.0412. The highest BCUT2D eigenvalue weighted by Crippen LogP contribution is 2.30. The van der Waals surface area contributed by atoms with Gasteiger partial charge in [-0.25, -0.2) is 0 Å². The van der Waals surface area contributed by atoms with Gasteiger partial charge in [0.25, 0.3) is 5.91 Å². The van der Waals surface area contributed by atoms with Crippen molar-refractivity contribution in [3.63, 3.8) is 0 Å². The molecule has 1 fully saturated rings. The van der Waals surface area contributed by atoms with Crippen molar-refractivity contribution in [2.75, 3.05) is 13.1 Å². The summed E-state index contributed by atoms with van der Waals surface area (Å²) in [5.74, 6) is -1.75. The molecule has 5 nitrogen and oxygen atoms in total. The largest absolute Gasteiger partial charge is 0.506 e. The molecule has 1 atom stereocenters. The van der Waals surface area contributed by atoms with E-state index in [0.29, 0.717) is 24.8 Å². The van der Waals surface area contributed by atoms with Gasteiger partial charge in [0.2, 0.25) is 0 Å². The number of aromatic hydroxyl groups is 1. The minimum atomic E-state index is -0.875. The molecule has 0 spiro atoms. The molecule has 0 aromatic heterocycles. The number of carbonyl (C=O) groups is 2. The van der Waals surface area contributed by atoms with Crippen molar-refractivity contribution in [2.45, 2.75) is 12.8 Å². The third-order valence-corrected chi connectivity index (χ3v) is 4.19. The molecular weight excluding hydrogens is 282 g/mol. The van der Waals surface area contributed by atoms with Crippen molar-refractivity contribution in [3.05, 3.63) is 42.0 Å². The van der Waals surface area contributed by atoms with Gasteiger partial charge in [0.15, 0.2) is 0 Å². The number of phenolic OH excluding ortho intramolecular Hbond substituents is 1. The molecule has 114 valence electrons. The lowest BCUT2D eigenvalue weighted by Crippen LogP contribution is -2.42. The Balaban J connectivity index is 1.92. The number of rotatable bonds is 2. The fraction of sp³-hybridized carbons (Fsp3) is 0.294. The molecule has 2 N–H and O–H groups in total. The number of hydrogen-bond acceptors (Lipinski definition) is 3. The van der Waals surface area contributed by atoms with Crippen LogP contribution in [0.4, 0.5) is 0 Å². The van der Waals surface area contributed by atoms with Gasteiger partial charge < -0.3 is 15.1 Å². The summed E-state index contributed by atoms with van der Waals surface area (Å²) >= 11 is 0. The van der Waals surface area contributed by atoms with Crippen molar-refractivity contribution >= 4 is 22.6 Å². The third-order valence-electron chi connectivity index (χ3n) is 4.19. The number of piperidine rings is 1. The zero-order chi connectivity index (χ0) is 15.7. The van der Waals surface area contributed by atoms with Crippen LogP contribution in [0.3, 0.4) is 0 Å². The maximum atomic E-state index is 12.6. The molecular formula is C17H17NO4. The number of amides is 1. The Bertz CT molecular complexity index is 741. The van der Waals surface area contributed by atoms with E-state index in [2.05, 4.69) is 0 Å². The molecule has 1 aliphatic rings. The molecule has 1 unspecified atom stereocenters. The Morgan fingerprint density at radius 2 is 1.91 bits per heavy atom. The number of phenols is 1. The molecule has 2 aromatic carbocycles. The number of nitrogens with zero attached hydrogens (tertiary/aromatic N) is 1. The first-order chi connectivity index (χ1) is 10.6. The van der Waals surface area contributed by atoms with Gasteiger partial charge in [-0.05, 0) is 24.3 Å². The normalized spacial score (nSPS) is 18.4. The number of carboxylic acid groups (broad SMARTS) is 1. The van der Waals surface area contributed by atoms with E-state index < -0.39 is 11.9 Å². The van der Waals surface area contributed by atoms with Crippen molar-refractivity contribution in [1.82, 2.24) is 4.90 Å². The lowest BCUT2D eigenvalue weighted by molar-refractivity contribution is -0.143. The summed E-state index contributed by atoms with van der Waals surface area (Å²) in [6.07, 6.45) is 1.25. The summed E-state index contributed by atoms with van der Waals surface area (Å²) in [5, 5.41) is 21.0. The molecule has 3 rings (SSSR count). The molecule has 0 radical (unpaired) electrons. The van der Waals surface area contributed by atoms with E-state index in [0.717, 1.165) is 5.39 Å². The molecule has 1 heterocycles. The topological polar surface area (TPSA) is 77.8 Å². The van der Waals surface area contributed by atoms with Gasteiger partial charge in [-0.3, -0.25) is 9.59 Å². The Labute approximate surface area is 127 Å². The first-order valence-electron chi connectivity index (χ1n) is 7.30. The van der Waals surface area contributed by atoms with Crippen LogP contribution in [0.5, 0.6) is 5.75 Å². The summed E-state index contributed by atoms with van der Waals surface area (Å²) < 4.78 is 0. The number of likely N-dealkylation sites (tertiary alicyclic amines) is 1. The average Bonchev–Trinajstić information content (AvgIpc) is 2.55. The van der Waals surface area contributed by atoms with Crippen LogP contribution >= 0.6 is 0 Å². The lowest BCUT2D eigenvalue weighted by Gasteiger charge is -2.31. The molecule has 22 heavy (non-hydrogen) atoms. The van der Waals surface area contributed by atoms with Gasteiger partial charge in [-0.2, -0.15) is 0 Å². The van der Waals surface area contributed by atoms with Crippen LogP contribution in [-0.4, -0.2) is 40.1 Å². The van der Waals surface area contributed by atoms with Gasteiger partial charge in [0, 0.05) is 18.5 Å². The monoisotopic (exact) mass is 299 g/mol. The highest BCUT2D eigenvalue weighted by Gasteiger charge is 2.29. The number of carbonyl (C=O) groups excluding carboxylic acids is 1. The fourth-order valence-corrected chi connectivity index (χ4v) is 2.96. The molecule has 5 heteroatoms. The van der Waals surface area contributed by atoms with Crippen molar-refractivity contribution in [1.29, 1.82) is 0 Å². The van der Waals surface area contributed by atoms with Crippen LogP contribution in [0.2, 0.25) is 0 Å². The van der Waals surface area contributed by atoms with E-state index in [1.807, 2.05) is 12.1 Å². The van der Waals surface area contributed by atoms with Crippen LogP contribution in [0, 0.1) is 5.92 Å². The van der Waals surface area contributed by atoms with Crippen LogP contribution in [0.15, 0.2) is 36.4 Å². The van der Waals surface area contributed by atoms with E-state index in [9.17, 15) is 14.7 Å². The van der Waals surface area contributed by atoms with Gasteiger partial charge in [0.05, 0.1) is 11.5 Å². The quantitative estimate of drug-likeness (QED) is 0.893. The molecule has 0 saturated carbocycles. The van der Waals surface area contributed by atoms with Gasteiger partial charge in [-0.15, -0.1) is 0 Å². The van der Waals surface area contributed by atoms with E-state index >= 15 is 0 Å². The number of hydrogen-bond donors (Lipinski definition) is 2. The molecule has 2 aromatic rings. The fourth-order valence-electron chi connectivity index (χ4n) is 2.96. The molecule has 1 amide bonds. The zero-order valence-electron chi connectivity index (χ0n) is 12.0. The van der Waals surface area contributed by atoms with E-state index in [-0.39, 0.29) is 23.8 Å². The third kappa shape index (κ3) is 2.50. The Hall–Kier alpha value is -2.56. The van der Waals surface area contributed by atoms with Crippen molar-refractivity contribution < 1.29 is 19.8 Å². The van der Waals surface area contributed by atoms with Crippen LogP contribution < -0.4 is 0 Å². The number of carboxylic acids is 1.